The maximum Gasteiger partial charge on any atom is 0.180 e. The maximum atomic E-state index is 13.0. The largest absolute Gasteiger partial charge is 0.491 e. The number of aryl methyl sites for hydroxylation is 2. The van der Waals surface area contributed by atoms with Crippen molar-refractivity contribution in [1.29, 1.82) is 0 Å². The number of nitrogens with zero attached hydrogens (tertiary/aromatic N) is 4. The second-order valence-corrected chi connectivity index (χ2v) is 10.8. The van der Waals surface area contributed by atoms with E-state index in [1.165, 1.54) is 11.8 Å². The fourth-order valence-electron chi connectivity index (χ4n) is 4.26. The molecule has 1 aliphatic heterocycles. The number of hydrogen-bond acceptors (Lipinski definition) is 6. The molecule has 0 radical (unpaired) electrons. The molecular weight excluding hydrogens is 412 g/mol. The molecule has 1 aromatic carbocycles. The lowest BCUT2D eigenvalue weighted by atomic mass is 10.1. The molecular formula is C23H30N4O3S. The number of sulfone groups is 1. The molecule has 1 aliphatic rings. The Balaban J connectivity index is 1.38. The monoisotopic (exact) mass is 442 g/mol. The lowest BCUT2D eigenvalue weighted by Crippen LogP contribution is -2.23. The van der Waals surface area contributed by atoms with Gasteiger partial charge >= 0.3 is 0 Å². The van der Waals surface area contributed by atoms with E-state index in [2.05, 4.69) is 27.1 Å². The van der Waals surface area contributed by atoms with Crippen molar-refractivity contribution in [3.63, 3.8) is 0 Å². The molecule has 0 aliphatic carbocycles. The summed E-state index contributed by atoms with van der Waals surface area (Å²) in [5, 5.41) is 5.12. The SMILES string of the molecule is Cc1nn(C)c2ncc(S(=O)(=O)C[C@@H]3CCN(Cc4ccc(OC(C)C)cc4)C3)cc12. The van der Waals surface area contributed by atoms with Gasteiger partial charge in [-0.15, -0.1) is 0 Å². The van der Waals surface area contributed by atoms with Crippen molar-refractivity contribution in [3.05, 3.63) is 47.8 Å². The molecule has 1 atom stereocenters. The average Bonchev–Trinajstić information content (AvgIpc) is 3.26. The summed E-state index contributed by atoms with van der Waals surface area (Å²) in [5.41, 5.74) is 2.70. The molecule has 0 saturated carbocycles. The number of likely N-dealkylation sites (tertiary alicyclic amines) is 1. The first-order valence-corrected chi connectivity index (χ1v) is 12.4. The predicted molar refractivity (Wildman–Crippen MR) is 121 cm³/mol. The smallest absolute Gasteiger partial charge is 0.180 e. The zero-order valence-corrected chi connectivity index (χ0v) is 19.4. The summed E-state index contributed by atoms with van der Waals surface area (Å²) in [4.78, 5) is 6.95. The Kier molecular flexibility index (Phi) is 6.03. The van der Waals surface area contributed by atoms with Crippen molar-refractivity contribution < 1.29 is 13.2 Å². The van der Waals surface area contributed by atoms with Gasteiger partial charge in [-0.2, -0.15) is 5.10 Å². The summed E-state index contributed by atoms with van der Waals surface area (Å²) in [6.07, 6.45) is 2.51. The highest BCUT2D eigenvalue weighted by atomic mass is 32.2. The van der Waals surface area contributed by atoms with E-state index in [1.54, 1.807) is 10.7 Å². The van der Waals surface area contributed by atoms with E-state index in [-0.39, 0.29) is 22.7 Å². The van der Waals surface area contributed by atoms with Crippen LogP contribution in [0.2, 0.25) is 0 Å². The molecule has 7 nitrogen and oxygen atoms in total. The van der Waals surface area contributed by atoms with Gasteiger partial charge in [0.1, 0.15) is 5.75 Å². The lowest BCUT2D eigenvalue weighted by Gasteiger charge is -2.17. The molecule has 3 aromatic rings. The normalized spacial score (nSPS) is 17.6. The third-order valence-corrected chi connectivity index (χ3v) is 7.58. The molecule has 1 fully saturated rings. The fraction of sp³-hybridized carbons (Fsp3) is 0.478. The molecule has 0 amide bonds. The quantitative estimate of drug-likeness (QED) is 0.558. The van der Waals surface area contributed by atoms with E-state index in [0.717, 1.165) is 42.9 Å². The number of pyridine rings is 1. The van der Waals surface area contributed by atoms with Crippen LogP contribution in [0.5, 0.6) is 5.75 Å². The van der Waals surface area contributed by atoms with Crippen LogP contribution in [-0.2, 0) is 23.4 Å². The Bertz CT molecular complexity index is 1170. The van der Waals surface area contributed by atoms with Crippen molar-refractivity contribution in [3.8, 4) is 5.75 Å². The first-order valence-electron chi connectivity index (χ1n) is 10.7. The van der Waals surface area contributed by atoms with Crippen LogP contribution in [0.25, 0.3) is 11.0 Å². The van der Waals surface area contributed by atoms with Crippen molar-refractivity contribution in [1.82, 2.24) is 19.7 Å². The van der Waals surface area contributed by atoms with Gasteiger partial charge in [-0.3, -0.25) is 9.58 Å². The van der Waals surface area contributed by atoms with Crippen LogP contribution in [-0.4, -0.2) is 53.0 Å². The average molecular weight is 443 g/mol. The predicted octanol–water partition coefficient (Wildman–Crippen LogP) is 3.36. The highest BCUT2D eigenvalue weighted by Gasteiger charge is 2.29. The number of rotatable bonds is 7. The van der Waals surface area contributed by atoms with Gasteiger partial charge in [0.25, 0.3) is 0 Å². The van der Waals surface area contributed by atoms with Crippen LogP contribution in [0.1, 0.15) is 31.5 Å². The molecule has 31 heavy (non-hydrogen) atoms. The highest BCUT2D eigenvalue weighted by molar-refractivity contribution is 7.91. The van der Waals surface area contributed by atoms with Gasteiger partial charge in [-0.1, -0.05) is 12.1 Å². The summed E-state index contributed by atoms with van der Waals surface area (Å²) in [5.74, 6) is 1.15. The van der Waals surface area contributed by atoms with Crippen LogP contribution in [0.4, 0.5) is 0 Å². The van der Waals surface area contributed by atoms with Crippen LogP contribution >= 0.6 is 0 Å². The van der Waals surface area contributed by atoms with Gasteiger partial charge in [-0.25, -0.2) is 13.4 Å². The molecule has 2 aromatic heterocycles. The molecule has 0 spiro atoms. The van der Waals surface area contributed by atoms with E-state index in [4.69, 9.17) is 4.74 Å². The van der Waals surface area contributed by atoms with E-state index in [9.17, 15) is 8.42 Å². The summed E-state index contributed by atoms with van der Waals surface area (Å²) in [7, 11) is -1.58. The third kappa shape index (κ3) is 4.91. The second-order valence-electron chi connectivity index (χ2n) is 8.73. The topological polar surface area (TPSA) is 77.3 Å². The lowest BCUT2D eigenvalue weighted by molar-refractivity contribution is 0.242. The molecule has 8 heteroatoms. The number of fused-ring (bicyclic) bond motifs is 1. The van der Waals surface area contributed by atoms with Crippen molar-refractivity contribution in [2.24, 2.45) is 13.0 Å². The van der Waals surface area contributed by atoms with E-state index < -0.39 is 9.84 Å². The van der Waals surface area contributed by atoms with Gasteiger partial charge < -0.3 is 4.74 Å². The molecule has 3 heterocycles. The Morgan fingerprint density at radius 3 is 2.68 bits per heavy atom. The minimum absolute atomic E-state index is 0.124. The van der Waals surface area contributed by atoms with Crippen molar-refractivity contribution in [2.75, 3.05) is 18.8 Å². The summed E-state index contributed by atoms with van der Waals surface area (Å²) >= 11 is 0. The zero-order chi connectivity index (χ0) is 22.2. The molecule has 0 unspecified atom stereocenters. The summed E-state index contributed by atoms with van der Waals surface area (Å²) in [6, 6.07) is 9.87. The number of benzene rings is 1. The molecule has 1 saturated heterocycles. The van der Waals surface area contributed by atoms with Crippen LogP contribution in [0.3, 0.4) is 0 Å². The van der Waals surface area contributed by atoms with Crippen LogP contribution < -0.4 is 4.74 Å². The van der Waals surface area contributed by atoms with Crippen molar-refractivity contribution in [2.45, 2.75) is 44.7 Å². The molecule has 166 valence electrons. The van der Waals surface area contributed by atoms with Crippen LogP contribution in [0, 0.1) is 12.8 Å². The fourth-order valence-corrected chi connectivity index (χ4v) is 5.86. The molecule has 0 bridgehead atoms. The van der Waals surface area contributed by atoms with E-state index in [1.807, 2.05) is 40.0 Å². The molecule has 4 rings (SSSR count). The third-order valence-electron chi connectivity index (χ3n) is 5.72. The summed E-state index contributed by atoms with van der Waals surface area (Å²) in [6.45, 7) is 8.41. The number of hydrogen-bond donors (Lipinski definition) is 0. The van der Waals surface area contributed by atoms with E-state index >= 15 is 0 Å². The second kappa shape index (κ2) is 8.59. The first kappa shape index (κ1) is 21.8. The van der Waals surface area contributed by atoms with Gasteiger partial charge in [0, 0.05) is 31.7 Å². The Morgan fingerprint density at radius 1 is 1.23 bits per heavy atom. The Hall–Kier alpha value is -2.45. The number of aromatic nitrogens is 3. The Labute approximate surface area is 184 Å². The van der Waals surface area contributed by atoms with Crippen molar-refractivity contribution >= 4 is 20.9 Å². The highest BCUT2D eigenvalue weighted by Crippen LogP contribution is 2.26. The zero-order valence-electron chi connectivity index (χ0n) is 18.6. The summed E-state index contributed by atoms with van der Waals surface area (Å²) < 4.78 is 33.5. The standard InChI is InChI=1S/C23H30N4O3S/c1-16(2)30-20-7-5-18(6-8-20)13-27-10-9-19(14-27)15-31(28,29)21-11-22-17(3)25-26(4)23(22)24-12-21/h5-8,11-12,16,19H,9-10,13-15H2,1-4H3/t19-/m1/s1. The number of ether oxygens (including phenoxy) is 1. The minimum atomic E-state index is -3.40. The van der Waals surface area contributed by atoms with Crippen LogP contribution in [0.15, 0.2) is 41.4 Å². The van der Waals surface area contributed by atoms with Gasteiger partial charge in [0.15, 0.2) is 15.5 Å². The maximum absolute atomic E-state index is 13.0. The van der Waals surface area contributed by atoms with E-state index in [0.29, 0.717) is 5.65 Å². The Morgan fingerprint density at radius 2 is 1.97 bits per heavy atom. The van der Waals surface area contributed by atoms with Gasteiger partial charge in [0.05, 0.1) is 22.4 Å². The van der Waals surface area contributed by atoms with Gasteiger partial charge in [-0.05, 0) is 63.4 Å². The minimum Gasteiger partial charge on any atom is -0.491 e. The molecule has 0 N–H and O–H groups in total. The van der Waals surface area contributed by atoms with Gasteiger partial charge in [0.2, 0.25) is 0 Å². The first-order chi connectivity index (χ1) is 14.7.